The molecule has 0 aliphatic heterocycles. The lowest BCUT2D eigenvalue weighted by Gasteiger charge is -2.07. The van der Waals surface area contributed by atoms with Crippen LogP contribution in [0.2, 0.25) is 0 Å². The van der Waals surface area contributed by atoms with E-state index >= 15 is 0 Å². The summed E-state index contributed by atoms with van der Waals surface area (Å²) in [5, 5.41) is 0. The number of halogens is 3. The monoisotopic (exact) mass is 286 g/mol. The number of hydrogen-bond donors (Lipinski definition) is 0. The van der Waals surface area contributed by atoms with Crippen molar-refractivity contribution in [1.82, 2.24) is 0 Å². The molecule has 100 valence electrons. The molecule has 0 saturated heterocycles. The first kappa shape index (κ1) is 13.6. The van der Waals surface area contributed by atoms with Gasteiger partial charge in [-0.1, -0.05) is 12.1 Å². The van der Waals surface area contributed by atoms with Gasteiger partial charge in [0.15, 0.2) is 0 Å². The first-order chi connectivity index (χ1) is 8.91. The second-order valence-electron chi connectivity index (χ2n) is 3.73. The predicted molar refractivity (Wildman–Crippen MR) is 66.1 cm³/mol. The molecule has 19 heavy (non-hydrogen) atoms. The molecular formula is C13H9F3O2S. The Kier molecular flexibility index (Phi) is 3.61. The van der Waals surface area contributed by atoms with Gasteiger partial charge in [0, 0.05) is 4.88 Å². The van der Waals surface area contributed by atoms with Crippen LogP contribution in [0.25, 0.3) is 10.4 Å². The van der Waals surface area contributed by atoms with E-state index in [0.717, 1.165) is 23.5 Å². The lowest BCUT2D eigenvalue weighted by atomic mass is 10.1. The SMILES string of the molecule is COC(=O)c1ccc(-c2cccc(C(F)(F)F)c2)s1. The highest BCUT2D eigenvalue weighted by atomic mass is 32.1. The quantitative estimate of drug-likeness (QED) is 0.773. The molecule has 0 fully saturated rings. The fraction of sp³-hybridized carbons (Fsp3) is 0.154. The summed E-state index contributed by atoms with van der Waals surface area (Å²) in [6, 6.07) is 8.13. The van der Waals surface area contributed by atoms with Gasteiger partial charge in [-0.05, 0) is 29.8 Å². The van der Waals surface area contributed by atoms with Crippen LogP contribution in [0, 0.1) is 0 Å². The third kappa shape index (κ3) is 2.96. The van der Waals surface area contributed by atoms with Crippen molar-refractivity contribution in [2.45, 2.75) is 6.18 Å². The summed E-state index contributed by atoms with van der Waals surface area (Å²) in [5.41, 5.74) is -0.284. The van der Waals surface area contributed by atoms with Gasteiger partial charge in [0.2, 0.25) is 0 Å². The third-order valence-electron chi connectivity index (χ3n) is 2.47. The van der Waals surface area contributed by atoms with Crippen molar-refractivity contribution >= 4 is 17.3 Å². The first-order valence-electron chi connectivity index (χ1n) is 5.27. The van der Waals surface area contributed by atoms with Gasteiger partial charge in [-0.15, -0.1) is 11.3 Å². The standard InChI is InChI=1S/C13H9F3O2S/c1-18-12(17)11-6-5-10(19-11)8-3-2-4-9(7-8)13(14,15)16/h2-7H,1H3. The van der Waals surface area contributed by atoms with Crippen molar-refractivity contribution < 1.29 is 22.7 Å². The van der Waals surface area contributed by atoms with E-state index in [9.17, 15) is 18.0 Å². The summed E-state index contributed by atoms with van der Waals surface area (Å²) < 4.78 is 42.4. The van der Waals surface area contributed by atoms with Crippen molar-refractivity contribution in [3.05, 3.63) is 46.8 Å². The van der Waals surface area contributed by atoms with Crippen LogP contribution in [-0.4, -0.2) is 13.1 Å². The number of hydrogen-bond acceptors (Lipinski definition) is 3. The Balaban J connectivity index is 2.37. The van der Waals surface area contributed by atoms with Crippen LogP contribution < -0.4 is 0 Å². The fourth-order valence-electron chi connectivity index (χ4n) is 1.55. The highest BCUT2D eigenvalue weighted by Gasteiger charge is 2.30. The molecule has 0 amide bonds. The summed E-state index contributed by atoms with van der Waals surface area (Å²) >= 11 is 1.10. The van der Waals surface area contributed by atoms with Crippen molar-refractivity contribution in [1.29, 1.82) is 0 Å². The van der Waals surface area contributed by atoms with Gasteiger partial charge in [0.1, 0.15) is 4.88 Å². The topological polar surface area (TPSA) is 26.3 Å². The van der Waals surface area contributed by atoms with E-state index in [4.69, 9.17) is 0 Å². The molecule has 0 spiro atoms. The van der Waals surface area contributed by atoms with Crippen LogP contribution in [0.15, 0.2) is 36.4 Å². The summed E-state index contributed by atoms with van der Waals surface area (Å²) in [6.45, 7) is 0. The Hall–Kier alpha value is -1.82. The second kappa shape index (κ2) is 5.05. The fourth-order valence-corrected chi connectivity index (χ4v) is 2.47. The minimum absolute atomic E-state index is 0.356. The molecule has 1 heterocycles. The molecule has 0 saturated carbocycles. The summed E-state index contributed by atoms with van der Waals surface area (Å²) in [4.78, 5) is 12.2. The zero-order valence-corrected chi connectivity index (χ0v) is 10.6. The number of alkyl halides is 3. The molecule has 0 aliphatic rings. The van der Waals surface area contributed by atoms with Crippen LogP contribution in [0.4, 0.5) is 13.2 Å². The van der Waals surface area contributed by atoms with Crippen LogP contribution in [-0.2, 0) is 10.9 Å². The normalized spacial score (nSPS) is 11.4. The Morgan fingerprint density at radius 1 is 1.21 bits per heavy atom. The zero-order chi connectivity index (χ0) is 14.0. The van der Waals surface area contributed by atoms with Gasteiger partial charge >= 0.3 is 12.1 Å². The molecule has 0 atom stereocenters. The Labute approximate surface area is 111 Å². The largest absolute Gasteiger partial charge is 0.465 e. The van der Waals surface area contributed by atoms with E-state index < -0.39 is 17.7 Å². The molecular weight excluding hydrogens is 277 g/mol. The molecule has 2 aromatic rings. The van der Waals surface area contributed by atoms with E-state index in [0.29, 0.717) is 15.3 Å². The van der Waals surface area contributed by atoms with Gasteiger partial charge in [0.05, 0.1) is 12.7 Å². The molecule has 0 unspecified atom stereocenters. The lowest BCUT2D eigenvalue weighted by Crippen LogP contribution is -2.04. The Bertz CT molecular complexity index is 602. The van der Waals surface area contributed by atoms with Crippen LogP contribution in [0.1, 0.15) is 15.2 Å². The van der Waals surface area contributed by atoms with Crippen molar-refractivity contribution in [3.63, 3.8) is 0 Å². The number of carbonyl (C=O) groups is 1. The zero-order valence-electron chi connectivity index (χ0n) is 9.82. The number of rotatable bonds is 2. The molecule has 0 N–H and O–H groups in total. The van der Waals surface area contributed by atoms with Crippen LogP contribution in [0.5, 0.6) is 0 Å². The third-order valence-corrected chi connectivity index (χ3v) is 3.58. The minimum Gasteiger partial charge on any atom is -0.465 e. The Morgan fingerprint density at radius 3 is 2.58 bits per heavy atom. The first-order valence-corrected chi connectivity index (χ1v) is 6.09. The van der Waals surface area contributed by atoms with E-state index in [-0.39, 0.29) is 0 Å². The molecule has 6 heteroatoms. The number of methoxy groups -OCH3 is 1. The average Bonchev–Trinajstić information content (AvgIpc) is 2.86. The van der Waals surface area contributed by atoms with Gasteiger partial charge in [0.25, 0.3) is 0 Å². The van der Waals surface area contributed by atoms with Gasteiger partial charge in [-0.2, -0.15) is 13.2 Å². The maximum absolute atomic E-state index is 12.6. The minimum atomic E-state index is -4.38. The Morgan fingerprint density at radius 2 is 1.95 bits per heavy atom. The van der Waals surface area contributed by atoms with Crippen molar-refractivity contribution in [2.24, 2.45) is 0 Å². The van der Waals surface area contributed by atoms with Gasteiger partial charge in [-0.3, -0.25) is 0 Å². The molecule has 0 bridgehead atoms. The van der Waals surface area contributed by atoms with E-state index in [2.05, 4.69) is 4.74 Å². The van der Waals surface area contributed by atoms with Crippen molar-refractivity contribution in [2.75, 3.05) is 7.11 Å². The smallest absolute Gasteiger partial charge is 0.416 e. The van der Waals surface area contributed by atoms with Crippen LogP contribution >= 0.6 is 11.3 Å². The number of esters is 1. The number of ether oxygens (including phenoxy) is 1. The summed E-state index contributed by atoms with van der Waals surface area (Å²) in [7, 11) is 1.26. The van der Waals surface area contributed by atoms with Crippen molar-refractivity contribution in [3.8, 4) is 10.4 Å². The highest BCUT2D eigenvalue weighted by Crippen LogP contribution is 2.34. The van der Waals surface area contributed by atoms with E-state index in [1.54, 1.807) is 12.1 Å². The molecule has 2 rings (SSSR count). The summed E-state index contributed by atoms with van der Waals surface area (Å²) in [6.07, 6.45) is -4.38. The van der Waals surface area contributed by atoms with Gasteiger partial charge in [-0.25, -0.2) is 4.79 Å². The molecule has 1 aromatic heterocycles. The van der Waals surface area contributed by atoms with Gasteiger partial charge < -0.3 is 4.74 Å². The number of carbonyl (C=O) groups excluding carboxylic acids is 1. The molecule has 0 aliphatic carbocycles. The molecule has 0 radical (unpaired) electrons. The lowest BCUT2D eigenvalue weighted by molar-refractivity contribution is -0.137. The average molecular weight is 286 g/mol. The number of thiophene rings is 1. The molecule has 1 aromatic carbocycles. The second-order valence-corrected chi connectivity index (χ2v) is 4.82. The summed E-state index contributed by atoms with van der Waals surface area (Å²) in [5.74, 6) is -0.497. The highest BCUT2D eigenvalue weighted by molar-refractivity contribution is 7.17. The maximum atomic E-state index is 12.6. The van der Waals surface area contributed by atoms with E-state index in [1.807, 2.05) is 0 Å². The molecule has 2 nitrogen and oxygen atoms in total. The van der Waals surface area contributed by atoms with Crippen LogP contribution in [0.3, 0.4) is 0 Å². The maximum Gasteiger partial charge on any atom is 0.416 e. The van der Waals surface area contributed by atoms with E-state index in [1.165, 1.54) is 19.2 Å². The predicted octanol–water partition coefficient (Wildman–Crippen LogP) is 4.22. The number of benzene rings is 1.